The van der Waals surface area contributed by atoms with Crippen LogP contribution in [0.3, 0.4) is 0 Å². The summed E-state index contributed by atoms with van der Waals surface area (Å²) in [5, 5.41) is 12.2. The van der Waals surface area contributed by atoms with Gasteiger partial charge in [0.15, 0.2) is 17.3 Å². The van der Waals surface area contributed by atoms with Crippen LogP contribution >= 0.6 is 0 Å². The Morgan fingerprint density at radius 3 is 1.98 bits per heavy atom. The third-order valence-electron chi connectivity index (χ3n) is 8.46. The summed E-state index contributed by atoms with van der Waals surface area (Å²) in [6.45, 7) is 11.0. The van der Waals surface area contributed by atoms with Gasteiger partial charge in [-0.1, -0.05) is 18.6 Å². The molecule has 4 rings (SSSR count). The first-order chi connectivity index (χ1) is 18.4. The van der Waals surface area contributed by atoms with Crippen LogP contribution in [0.25, 0.3) is 0 Å². The summed E-state index contributed by atoms with van der Waals surface area (Å²) in [6.07, 6.45) is -1.23. The van der Waals surface area contributed by atoms with Crippen molar-refractivity contribution in [1.82, 2.24) is 0 Å². The van der Waals surface area contributed by atoms with Crippen LogP contribution in [0, 0.1) is 11.3 Å². The van der Waals surface area contributed by atoms with Crippen molar-refractivity contribution in [2.24, 2.45) is 11.3 Å². The minimum absolute atomic E-state index is 0.0717. The fraction of sp³-hybridized carbons (Fsp3) is 0.679. The number of ether oxygens (including phenoxy) is 6. The molecule has 2 saturated heterocycles. The first kappa shape index (κ1) is 29.7. The second-order valence-corrected chi connectivity index (χ2v) is 11.6. The summed E-state index contributed by atoms with van der Waals surface area (Å²) < 4.78 is 34.7. The quantitative estimate of drug-likeness (QED) is 0.227. The second-order valence-electron chi connectivity index (χ2n) is 11.6. The summed E-state index contributed by atoms with van der Waals surface area (Å²) in [5.74, 6) is -4.71. The van der Waals surface area contributed by atoms with Crippen LogP contribution < -0.4 is 0 Å². The minimum Gasteiger partial charge on any atom is -0.459 e. The van der Waals surface area contributed by atoms with Crippen molar-refractivity contribution >= 4 is 29.8 Å². The predicted molar refractivity (Wildman–Crippen MR) is 134 cm³/mol. The molecule has 2 heterocycles. The van der Waals surface area contributed by atoms with Gasteiger partial charge >= 0.3 is 29.8 Å². The summed E-state index contributed by atoms with van der Waals surface area (Å²) in [6, 6.07) is 0. The van der Waals surface area contributed by atoms with Gasteiger partial charge in [-0.25, -0.2) is 4.79 Å². The van der Waals surface area contributed by atoms with Crippen molar-refractivity contribution in [2.75, 3.05) is 0 Å². The zero-order valence-electron chi connectivity index (χ0n) is 23.8. The molecule has 0 amide bonds. The Morgan fingerprint density at radius 2 is 1.45 bits per heavy atom. The van der Waals surface area contributed by atoms with E-state index in [1.165, 1.54) is 47.6 Å². The van der Waals surface area contributed by atoms with Crippen molar-refractivity contribution in [2.45, 2.75) is 109 Å². The van der Waals surface area contributed by atoms with E-state index in [1.54, 1.807) is 26.0 Å². The third-order valence-corrected chi connectivity index (χ3v) is 8.46. The van der Waals surface area contributed by atoms with Crippen LogP contribution in [0.4, 0.5) is 0 Å². The SMILES string of the molecule is CC(=O)O[C@@H]1[C@H]2[C@](C)(O)[C@H](OC(C)=O)C=C[C@@]2(C)[C@@H](OC(C)=O)[C@H](OC(C)=O)C/C(C)=C\[C@@H]2OC(=O)[C@]3(C)O[C@]213. The lowest BCUT2D eigenvalue weighted by Crippen LogP contribution is -2.68. The maximum atomic E-state index is 13.1. The molecule has 2 fully saturated rings. The number of rotatable bonds is 4. The molecule has 1 spiro atoms. The molecular formula is C28H36O12. The van der Waals surface area contributed by atoms with Gasteiger partial charge in [0.1, 0.15) is 30.0 Å². The number of aliphatic hydroxyl groups is 1. The van der Waals surface area contributed by atoms with E-state index in [1.807, 2.05) is 0 Å². The molecule has 1 N–H and O–H groups in total. The first-order valence-corrected chi connectivity index (χ1v) is 13.1. The van der Waals surface area contributed by atoms with Crippen molar-refractivity contribution < 1.29 is 57.5 Å². The largest absolute Gasteiger partial charge is 0.459 e. The van der Waals surface area contributed by atoms with Crippen LogP contribution in [-0.2, 0) is 52.4 Å². The van der Waals surface area contributed by atoms with Gasteiger partial charge in [-0.05, 0) is 32.9 Å². The Hall–Kier alpha value is -3.25. The monoisotopic (exact) mass is 564 g/mol. The molecule has 220 valence electrons. The minimum atomic E-state index is -2.00. The lowest BCUT2D eigenvalue weighted by molar-refractivity contribution is -0.227. The van der Waals surface area contributed by atoms with E-state index in [2.05, 4.69) is 0 Å². The summed E-state index contributed by atoms with van der Waals surface area (Å²) >= 11 is 0. The van der Waals surface area contributed by atoms with Crippen LogP contribution in [-0.4, -0.2) is 82.3 Å². The van der Waals surface area contributed by atoms with Gasteiger partial charge in [0, 0.05) is 45.4 Å². The lowest BCUT2D eigenvalue weighted by Gasteiger charge is -2.55. The average Bonchev–Trinajstić information content (AvgIpc) is 3.38. The number of fused-ring (bicyclic) bond motifs is 1. The third kappa shape index (κ3) is 4.50. The van der Waals surface area contributed by atoms with E-state index in [9.17, 15) is 29.1 Å². The number of carbonyl (C=O) groups excluding carboxylic acids is 5. The first-order valence-electron chi connectivity index (χ1n) is 13.1. The lowest BCUT2D eigenvalue weighted by atomic mass is 9.55. The molecule has 2 aliphatic heterocycles. The van der Waals surface area contributed by atoms with Gasteiger partial charge in [0.05, 0.1) is 0 Å². The molecule has 0 bridgehead atoms. The summed E-state index contributed by atoms with van der Waals surface area (Å²) in [7, 11) is 0. The maximum absolute atomic E-state index is 13.1. The highest BCUT2D eigenvalue weighted by Gasteiger charge is 2.88. The molecule has 40 heavy (non-hydrogen) atoms. The van der Waals surface area contributed by atoms with E-state index in [0.717, 1.165) is 0 Å². The molecule has 0 aromatic rings. The molecule has 0 aromatic heterocycles. The van der Waals surface area contributed by atoms with Crippen LogP contribution in [0.5, 0.6) is 0 Å². The van der Waals surface area contributed by atoms with Gasteiger partial charge in [-0.15, -0.1) is 0 Å². The number of esters is 5. The maximum Gasteiger partial charge on any atom is 0.342 e. The van der Waals surface area contributed by atoms with Crippen molar-refractivity contribution in [3.8, 4) is 0 Å². The van der Waals surface area contributed by atoms with E-state index < -0.39 is 88.5 Å². The van der Waals surface area contributed by atoms with Crippen LogP contribution in [0.15, 0.2) is 23.8 Å². The topological polar surface area (TPSA) is 164 Å². The number of hydrogen-bond donors (Lipinski definition) is 1. The smallest absolute Gasteiger partial charge is 0.342 e. The van der Waals surface area contributed by atoms with E-state index >= 15 is 0 Å². The van der Waals surface area contributed by atoms with Crippen LogP contribution in [0.2, 0.25) is 0 Å². The number of hydrogen-bond acceptors (Lipinski definition) is 12. The van der Waals surface area contributed by atoms with E-state index in [4.69, 9.17) is 28.4 Å². The van der Waals surface area contributed by atoms with Crippen molar-refractivity contribution in [3.63, 3.8) is 0 Å². The summed E-state index contributed by atoms with van der Waals surface area (Å²) in [4.78, 5) is 62.4. The molecule has 0 aromatic carbocycles. The molecule has 12 nitrogen and oxygen atoms in total. The van der Waals surface area contributed by atoms with Crippen molar-refractivity contribution in [3.05, 3.63) is 23.8 Å². The zero-order chi connectivity index (χ0) is 30.0. The van der Waals surface area contributed by atoms with E-state index in [-0.39, 0.29) is 6.42 Å². The van der Waals surface area contributed by atoms with Gasteiger partial charge in [0.25, 0.3) is 0 Å². The highest BCUT2D eigenvalue weighted by molar-refractivity contribution is 5.89. The van der Waals surface area contributed by atoms with Gasteiger partial charge in [-0.3, -0.25) is 19.2 Å². The Kier molecular flexibility index (Phi) is 7.20. The molecule has 0 unspecified atom stereocenters. The number of epoxide rings is 1. The van der Waals surface area contributed by atoms with E-state index in [0.29, 0.717) is 5.57 Å². The molecule has 0 radical (unpaired) electrons. The Labute approximate surface area is 231 Å². The normalized spacial score (nSPS) is 44.8. The Morgan fingerprint density at radius 1 is 0.900 bits per heavy atom. The zero-order valence-corrected chi connectivity index (χ0v) is 23.8. The van der Waals surface area contributed by atoms with Gasteiger partial charge < -0.3 is 33.5 Å². The molecule has 10 atom stereocenters. The Bertz CT molecular complexity index is 1200. The van der Waals surface area contributed by atoms with Gasteiger partial charge in [0.2, 0.25) is 0 Å². The van der Waals surface area contributed by atoms with Gasteiger partial charge in [-0.2, -0.15) is 0 Å². The number of carbonyl (C=O) groups is 5. The molecule has 4 aliphatic rings. The Balaban J connectivity index is 2.06. The van der Waals surface area contributed by atoms with Crippen molar-refractivity contribution in [1.29, 1.82) is 0 Å². The molecule has 2 aliphatic carbocycles. The fourth-order valence-corrected chi connectivity index (χ4v) is 6.88. The molecule has 12 heteroatoms. The highest BCUT2D eigenvalue weighted by atomic mass is 16.7. The standard InChI is InChI=1S/C28H36O12/c1-13-11-18(35-14(2)29)22(37-16(4)31)25(6)10-9-19(36-15(3)30)26(7,34)21(25)23(38-17(5)32)28-20(12-13)39-24(33)27(28,8)40-28/h9-10,12,18-23,34H,11H2,1-8H3/b13-12-/t18-,19-,20+,21-,22+,23-,25-,26-,27+,28-/m1/s1. The predicted octanol–water partition coefficient (Wildman–Crippen LogP) is 1.46. The highest BCUT2D eigenvalue weighted by Crippen LogP contribution is 2.65. The molecular weight excluding hydrogens is 528 g/mol. The average molecular weight is 565 g/mol. The van der Waals surface area contributed by atoms with Crippen LogP contribution in [0.1, 0.15) is 61.8 Å². The molecule has 0 saturated carbocycles. The second kappa shape index (κ2) is 9.69. The summed E-state index contributed by atoms with van der Waals surface area (Å²) in [5.41, 5.74) is -5.93. The fourth-order valence-electron chi connectivity index (χ4n) is 6.88.